The molecule has 1 aliphatic heterocycles. The van der Waals surface area contributed by atoms with E-state index >= 15 is 0 Å². The van der Waals surface area contributed by atoms with Crippen LogP contribution in [0, 0.1) is 5.82 Å². The van der Waals surface area contributed by atoms with Crippen LogP contribution in [0.1, 0.15) is 17.2 Å². The van der Waals surface area contributed by atoms with Crippen molar-refractivity contribution < 1.29 is 9.50 Å². The summed E-state index contributed by atoms with van der Waals surface area (Å²) in [5.41, 5.74) is 2.70. The first-order valence-electron chi connectivity index (χ1n) is 7.69. The van der Waals surface area contributed by atoms with E-state index in [1.165, 1.54) is 11.6 Å². The van der Waals surface area contributed by atoms with E-state index in [1.807, 2.05) is 12.1 Å². The molecule has 4 nitrogen and oxygen atoms in total. The molecule has 0 spiro atoms. The SMILES string of the molecule is CN=C(NCC(O)c1ccccc1F)N1CCc2ccccc21. The Morgan fingerprint density at radius 2 is 2.00 bits per heavy atom. The number of guanidine groups is 1. The highest BCUT2D eigenvalue weighted by Crippen LogP contribution is 2.27. The molecule has 1 unspecified atom stereocenters. The van der Waals surface area contributed by atoms with Gasteiger partial charge in [-0.25, -0.2) is 4.39 Å². The second-order valence-electron chi connectivity index (χ2n) is 5.50. The Balaban J connectivity index is 1.69. The average molecular weight is 313 g/mol. The average Bonchev–Trinajstić information content (AvgIpc) is 3.00. The lowest BCUT2D eigenvalue weighted by Gasteiger charge is -2.23. The fourth-order valence-electron chi connectivity index (χ4n) is 2.90. The van der Waals surface area contributed by atoms with Gasteiger partial charge in [-0.1, -0.05) is 36.4 Å². The maximum atomic E-state index is 13.7. The summed E-state index contributed by atoms with van der Waals surface area (Å²) in [6.07, 6.45) is 0.0398. The number of aliphatic hydroxyl groups excluding tert-OH is 1. The van der Waals surface area contributed by atoms with Crippen LogP contribution in [0.4, 0.5) is 10.1 Å². The molecule has 120 valence electrons. The topological polar surface area (TPSA) is 47.9 Å². The van der Waals surface area contributed by atoms with Crippen LogP contribution in [-0.4, -0.2) is 31.2 Å². The number of aliphatic imine (C=N–C) groups is 1. The minimum atomic E-state index is -0.925. The summed E-state index contributed by atoms with van der Waals surface area (Å²) in [7, 11) is 1.71. The van der Waals surface area contributed by atoms with Gasteiger partial charge in [0.05, 0.1) is 6.10 Å². The quantitative estimate of drug-likeness (QED) is 0.676. The van der Waals surface area contributed by atoms with Gasteiger partial charge in [0, 0.05) is 31.4 Å². The van der Waals surface area contributed by atoms with Gasteiger partial charge in [0.25, 0.3) is 0 Å². The molecule has 0 amide bonds. The molecule has 0 bridgehead atoms. The number of benzene rings is 2. The molecule has 1 atom stereocenters. The molecule has 1 aliphatic rings. The number of anilines is 1. The zero-order chi connectivity index (χ0) is 16.2. The van der Waals surface area contributed by atoms with Crippen LogP contribution in [0.2, 0.25) is 0 Å². The second-order valence-corrected chi connectivity index (χ2v) is 5.50. The Kier molecular flexibility index (Phi) is 4.57. The van der Waals surface area contributed by atoms with E-state index < -0.39 is 11.9 Å². The van der Waals surface area contributed by atoms with Crippen LogP contribution in [-0.2, 0) is 6.42 Å². The number of rotatable bonds is 3. The summed E-state index contributed by atoms with van der Waals surface area (Å²) in [5, 5.41) is 13.3. The summed E-state index contributed by atoms with van der Waals surface area (Å²) in [5.74, 6) is 0.286. The first-order valence-corrected chi connectivity index (χ1v) is 7.69. The van der Waals surface area contributed by atoms with E-state index in [4.69, 9.17) is 0 Å². The lowest BCUT2D eigenvalue weighted by Crippen LogP contribution is -2.42. The van der Waals surface area contributed by atoms with Gasteiger partial charge in [-0.3, -0.25) is 4.99 Å². The van der Waals surface area contributed by atoms with Crippen LogP contribution >= 0.6 is 0 Å². The maximum Gasteiger partial charge on any atom is 0.198 e. The van der Waals surface area contributed by atoms with Crippen molar-refractivity contribution in [1.82, 2.24) is 5.32 Å². The molecule has 1 heterocycles. The highest BCUT2D eigenvalue weighted by atomic mass is 19.1. The maximum absolute atomic E-state index is 13.7. The normalized spacial score (nSPS) is 15.4. The number of aliphatic hydroxyl groups is 1. The predicted molar refractivity (Wildman–Crippen MR) is 90.2 cm³/mol. The number of para-hydroxylation sites is 1. The molecular weight excluding hydrogens is 293 g/mol. The highest BCUT2D eigenvalue weighted by molar-refractivity contribution is 5.97. The number of fused-ring (bicyclic) bond motifs is 1. The summed E-state index contributed by atoms with van der Waals surface area (Å²) in [4.78, 5) is 6.37. The van der Waals surface area contributed by atoms with Gasteiger partial charge in [0.1, 0.15) is 5.82 Å². The molecule has 2 N–H and O–H groups in total. The molecule has 5 heteroatoms. The molecule has 0 radical (unpaired) electrons. The first kappa shape index (κ1) is 15.5. The Hall–Kier alpha value is -2.40. The van der Waals surface area contributed by atoms with Gasteiger partial charge in [-0.05, 0) is 24.1 Å². The smallest absolute Gasteiger partial charge is 0.198 e. The van der Waals surface area contributed by atoms with Gasteiger partial charge in [-0.2, -0.15) is 0 Å². The zero-order valence-electron chi connectivity index (χ0n) is 13.0. The van der Waals surface area contributed by atoms with Crippen molar-refractivity contribution in [3.8, 4) is 0 Å². The van der Waals surface area contributed by atoms with Crippen molar-refractivity contribution in [3.63, 3.8) is 0 Å². The van der Waals surface area contributed by atoms with Crippen molar-refractivity contribution in [3.05, 3.63) is 65.5 Å². The van der Waals surface area contributed by atoms with Crippen molar-refractivity contribution in [1.29, 1.82) is 0 Å². The molecule has 3 rings (SSSR count). The molecule has 23 heavy (non-hydrogen) atoms. The summed E-state index contributed by atoms with van der Waals surface area (Å²) < 4.78 is 13.7. The van der Waals surface area contributed by atoms with Crippen molar-refractivity contribution in [2.45, 2.75) is 12.5 Å². The Morgan fingerprint density at radius 3 is 2.78 bits per heavy atom. The van der Waals surface area contributed by atoms with E-state index in [1.54, 1.807) is 25.2 Å². The number of nitrogens with one attached hydrogen (secondary N) is 1. The molecule has 2 aromatic carbocycles. The molecule has 0 saturated heterocycles. The predicted octanol–water partition coefficient (Wildman–Crippen LogP) is 2.50. The zero-order valence-corrected chi connectivity index (χ0v) is 13.0. The van der Waals surface area contributed by atoms with Crippen LogP contribution < -0.4 is 10.2 Å². The van der Waals surface area contributed by atoms with E-state index in [2.05, 4.69) is 27.3 Å². The molecule has 2 aromatic rings. The van der Waals surface area contributed by atoms with Crippen LogP contribution in [0.3, 0.4) is 0 Å². The monoisotopic (exact) mass is 313 g/mol. The largest absolute Gasteiger partial charge is 0.386 e. The van der Waals surface area contributed by atoms with E-state index in [0.717, 1.165) is 18.7 Å². The van der Waals surface area contributed by atoms with Crippen LogP contribution in [0.25, 0.3) is 0 Å². The summed E-state index contributed by atoms with van der Waals surface area (Å²) in [6.45, 7) is 1.04. The Bertz CT molecular complexity index is 717. The molecule has 0 aliphatic carbocycles. The third-order valence-electron chi connectivity index (χ3n) is 4.07. The summed E-state index contributed by atoms with van der Waals surface area (Å²) >= 11 is 0. The van der Waals surface area contributed by atoms with Gasteiger partial charge < -0.3 is 15.3 Å². The third kappa shape index (κ3) is 3.19. The lowest BCUT2D eigenvalue weighted by molar-refractivity contribution is 0.176. The van der Waals surface area contributed by atoms with Gasteiger partial charge in [0.15, 0.2) is 5.96 Å². The Labute approximate surface area is 135 Å². The molecule has 0 saturated carbocycles. The number of nitrogens with zero attached hydrogens (tertiary/aromatic N) is 2. The third-order valence-corrected chi connectivity index (χ3v) is 4.07. The molecule has 0 aromatic heterocycles. The standard InChI is InChI=1S/C18H20FN3O/c1-20-18(22-11-10-13-6-2-5-9-16(13)22)21-12-17(23)14-7-3-4-8-15(14)19/h2-9,17,23H,10-12H2,1H3,(H,20,21). The fraction of sp³-hybridized carbons (Fsp3) is 0.278. The number of hydrogen-bond donors (Lipinski definition) is 2. The van der Waals surface area contributed by atoms with E-state index in [9.17, 15) is 9.50 Å². The van der Waals surface area contributed by atoms with E-state index in [0.29, 0.717) is 5.96 Å². The molecule has 0 fully saturated rings. The first-order chi connectivity index (χ1) is 11.2. The Morgan fingerprint density at radius 1 is 1.26 bits per heavy atom. The van der Waals surface area contributed by atoms with Crippen LogP contribution in [0.15, 0.2) is 53.5 Å². The summed E-state index contributed by atoms with van der Waals surface area (Å²) in [6, 6.07) is 14.5. The second kappa shape index (κ2) is 6.79. The van der Waals surface area contributed by atoms with Crippen molar-refractivity contribution in [2.24, 2.45) is 4.99 Å². The highest BCUT2D eigenvalue weighted by Gasteiger charge is 2.23. The van der Waals surface area contributed by atoms with Gasteiger partial charge in [0.2, 0.25) is 0 Å². The minimum Gasteiger partial charge on any atom is -0.386 e. The van der Waals surface area contributed by atoms with E-state index in [-0.39, 0.29) is 12.1 Å². The molecular formula is C18H20FN3O. The fourth-order valence-corrected chi connectivity index (χ4v) is 2.90. The van der Waals surface area contributed by atoms with Gasteiger partial charge >= 0.3 is 0 Å². The minimum absolute atomic E-state index is 0.201. The van der Waals surface area contributed by atoms with Crippen LogP contribution in [0.5, 0.6) is 0 Å². The lowest BCUT2D eigenvalue weighted by atomic mass is 10.1. The van der Waals surface area contributed by atoms with Gasteiger partial charge in [-0.15, -0.1) is 0 Å². The van der Waals surface area contributed by atoms with Crippen molar-refractivity contribution in [2.75, 3.05) is 25.0 Å². The number of hydrogen-bond acceptors (Lipinski definition) is 2. The van der Waals surface area contributed by atoms with Crippen molar-refractivity contribution >= 4 is 11.6 Å². The number of halogens is 1.